The van der Waals surface area contributed by atoms with E-state index in [1.807, 2.05) is 32.2 Å². The summed E-state index contributed by atoms with van der Waals surface area (Å²) in [6.45, 7) is 5.50. The SMILES string of the molecule is CC(C)(C)OC(=O)[C@@H](N)Cc1cc(Br)cs1. The standard InChI is InChI=1S/C11H16BrNO2S/c1-11(2,3)15-10(14)9(13)5-8-4-7(12)6-16-8/h4,6,9H,5,13H2,1-3H3/t9-/m0/s1. The zero-order valence-electron chi connectivity index (χ0n) is 9.62. The maximum Gasteiger partial charge on any atom is 0.323 e. The molecular weight excluding hydrogens is 290 g/mol. The monoisotopic (exact) mass is 305 g/mol. The molecule has 0 saturated carbocycles. The van der Waals surface area contributed by atoms with Crippen molar-refractivity contribution in [1.29, 1.82) is 0 Å². The number of thiophene rings is 1. The van der Waals surface area contributed by atoms with E-state index in [4.69, 9.17) is 10.5 Å². The number of nitrogens with two attached hydrogens (primary N) is 1. The largest absolute Gasteiger partial charge is 0.459 e. The highest BCUT2D eigenvalue weighted by Crippen LogP contribution is 2.21. The number of halogens is 1. The van der Waals surface area contributed by atoms with Crippen LogP contribution in [0.2, 0.25) is 0 Å². The first-order valence-corrected chi connectivity index (χ1v) is 6.66. The molecule has 0 bridgehead atoms. The minimum absolute atomic E-state index is 0.350. The van der Waals surface area contributed by atoms with Crippen molar-refractivity contribution in [3.8, 4) is 0 Å². The Labute approximate surface area is 108 Å². The molecule has 1 heterocycles. The molecule has 0 amide bonds. The van der Waals surface area contributed by atoms with Crippen LogP contribution in [-0.4, -0.2) is 17.6 Å². The third-order valence-electron chi connectivity index (χ3n) is 1.75. The van der Waals surface area contributed by atoms with E-state index in [1.165, 1.54) is 0 Å². The van der Waals surface area contributed by atoms with Gasteiger partial charge in [0.05, 0.1) is 0 Å². The first-order valence-electron chi connectivity index (χ1n) is 4.99. The molecule has 16 heavy (non-hydrogen) atoms. The Balaban J connectivity index is 2.52. The van der Waals surface area contributed by atoms with Crippen LogP contribution in [0.1, 0.15) is 25.6 Å². The molecule has 2 N–H and O–H groups in total. The maximum atomic E-state index is 11.6. The fraction of sp³-hybridized carbons (Fsp3) is 0.545. The van der Waals surface area contributed by atoms with Gasteiger partial charge in [0.25, 0.3) is 0 Å². The third-order valence-corrected chi connectivity index (χ3v) is 3.47. The Morgan fingerprint density at radius 2 is 2.25 bits per heavy atom. The summed E-state index contributed by atoms with van der Waals surface area (Å²) in [7, 11) is 0. The molecule has 0 aliphatic carbocycles. The molecular formula is C11H16BrNO2S. The van der Waals surface area contributed by atoms with Gasteiger partial charge in [-0.15, -0.1) is 11.3 Å². The molecule has 0 radical (unpaired) electrons. The van der Waals surface area contributed by atoms with E-state index in [1.54, 1.807) is 11.3 Å². The molecule has 5 heteroatoms. The first kappa shape index (κ1) is 13.7. The fourth-order valence-corrected chi connectivity index (χ4v) is 2.65. The van der Waals surface area contributed by atoms with E-state index < -0.39 is 11.6 Å². The summed E-state index contributed by atoms with van der Waals surface area (Å²) in [5.41, 5.74) is 5.30. The lowest BCUT2D eigenvalue weighted by molar-refractivity contribution is -0.156. The predicted molar refractivity (Wildman–Crippen MR) is 69.5 cm³/mol. The van der Waals surface area contributed by atoms with Crippen LogP contribution in [0.15, 0.2) is 15.9 Å². The molecule has 1 aromatic rings. The highest BCUT2D eigenvalue weighted by molar-refractivity contribution is 9.10. The molecule has 0 aromatic carbocycles. The van der Waals surface area contributed by atoms with Gasteiger partial charge in [0.2, 0.25) is 0 Å². The quantitative estimate of drug-likeness (QED) is 0.874. The summed E-state index contributed by atoms with van der Waals surface area (Å²) in [6, 6.07) is 1.37. The summed E-state index contributed by atoms with van der Waals surface area (Å²) < 4.78 is 6.22. The Kier molecular flexibility index (Phi) is 4.52. The van der Waals surface area contributed by atoms with Gasteiger partial charge in [0.1, 0.15) is 11.6 Å². The van der Waals surface area contributed by atoms with Gasteiger partial charge in [0, 0.05) is 21.2 Å². The minimum Gasteiger partial charge on any atom is -0.459 e. The van der Waals surface area contributed by atoms with E-state index in [0.717, 1.165) is 9.35 Å². The topological polar surface area (TPSA) is 52.3 Å². The van der Waals surface area contributed by atoms with Crippen molar-refractivity contribution >= 4 is 33.2 Å². The van der Waals surface area contributed by atoms with Gasteiger partial charge in [-0.1, -0.05) is 0 Å². The van der Waals surface area contributed by atoms with Crippen LogP contribution in [0.25, 0.3) is 0 Å². The van der Waals surface area contributed by atoms with Gasteiger partial charge in [-0.05, 0) is 42.8 Å². The van der Waals surface area contributed by atoms with Crippen LogP contribution in [0.5, 0.6) is 0 Å². The van der Waals surface area contributed by atoms with Crippen molar-refractivity contribution in [2.45, 2.75) is 38.8 Å². The Morgan fingerprint density at radius 1 is 1.62 bits per heavy atom. The summed E-state index contributed by atoms with van der Waals surface area (Å²) in [5, 5.41) is 1.97. The van der Waals surface area contributed by atoms with E-state index in [-0.39, 0.29) is 5.97 Å². The van der Waals surface area contributed by atoms with Crippen molar-refractivity contribution < 1.29 is 9.53 Å². The van der Waals surface area contributed by atoms with E-state index >= 15 is 0 Å². The number of rotatable bonds is 3. The number of carbonyl (C=O) groups excluding carboxylic acids is 1. The molecule has 0 unspecified atom stereocenters. The lowest BCUT2D eigenvalue weighted by Crippen LogP contribution is -2.38. The average Bonchev–Trinajstić information content (AvgIpc) is 2.48. The van der Waals surface area contributed by atoms with Gasteiger partial charge >= 0.3 is 5.97 Å². The zero-order valence-corrected chi connectivity index (χ0v) is 12.0. The molecule has 3 nitrogen and oxygen atoms in total. The van der Waals surface area contributed by atoms with Gasteiger partial charge in [-0.3, -0.25) is 4.79 Å². The normalized spacial score (nSPS) is 13.6. The van der Waals surface area contributed by atoms with Gasteiger partial charge in [0.15, 0.2) is 0 Å². The van der Waals surface area contributed by atoms with Crippen LogP contribution >= 0.6 is 27.3 Å². The maximum absolute atomic E-state index is 11.6. The fourth-order valence-electron chi connectivity index (χ4n) is 1.14. The van der Waals surface area contributed by atoms with Gasteiger partial charge in [-0.25, -0.2) is 0 Å². The Hall–Kier alpha value is -0.390. The second-order valence-electron chi connectivity index (χ2n) is 4.58. The molecule has 0 spiro atoms. The second kappa shape index (κ2) is 5.29. The van der Waals surface area contributed by atoms with E-state index in [0.29, 0.717) is 6.42 Å². The van der Waals surface area contributed by atoms with Crippen molar-refractivity contribution in [1.82, 2.24) is 0 Å². The number of hydrogen-bond acceptors (Lipinski definition) is 4. The minimum atomic E-state index is -0.593. The first-order chi connectivity index (χ1) is 7.28. The van der Waals surface area contributed by atoms with Gasteiger partial charge < -0.3 is 10.5 Å². The molecule has 1 atom stereocenters. The van der Waals surface area contributed by atoms with Crippen LogP contribution in [0, 0.1) is 0 Å². The van der Waals surface area contributed by atoms with Crippen LogP contribution in [-0.2, 0) is 16.0 Å². The summed E-state index contributed by atoms with van der Waals surface area (Å²) in [6.07, 6.45) is 0.519. The molecule has 90 valence electrons. The molecule has 0 fully saturated rings. The summed E-state index contributed by atoms with van der Waals surface area (Å²) in [5.74, 6) is -0.350. The van der Waals surface area contributed by atoms with Crippen molar-refractivity contribution in [3.05, 3.63) is 20.8 Å². The summed E-state index contributed by atoms with van der Waals surface area (Å²) >= 11 is 4.94. The van der Waals surface area contributed by atoms with Crippen molar-refractivity contribution in [3.63, 3.8) is 0 Å². The molecule has 1 aromatic heterocycles. The molecule has 0 saturated heterocycles. The Bertz CT molecular complexity index is 370. The van der Waals surface area contributed by atoms with Crippen molar-refractivity contribution in [2.24, 2.45) is 5.73 Å². The average molecular weight is 306 g/mol. The number of esters is 1. The summed E-state index contributed by atoms with van der Waals surface area (Å²) in [4.78, 5) is 12.7. The highest BCUT2D eigenvalue weighted by atomic mass is 79.9. The second-order valence-corrected chi connectivity index (χ2v) is 6.49. The number of hydrogen-bond donors (Lipinski definition) is 1. The van der Waals surface area contributed by atoms with Gasteiger partial charge in [-0.2, -0.15) is 0 Å². The Morgan fingerprint density at radius 3 is 2.69 bits per heavy atom. The van der Waals surface area contributed by atoms with E-state index in [2.05, 4.69) is 15.9 Å². The lowest BCUT2D eigenvalue weighted by Gasteiger charge is -2.21. The smallest absolute Gasteiger partial charge is 0.323 e. The number of carbonyl (C=O) groups is 1. The van der Waals surface area contributed by atoms with Crippen LogP contribution in [0.3, 0.4) is 0 Å². The van der Waals surface area contributed by atoms with Crippen LogP contribution < -0.4 is 5.73 Å². The highest BCUT2D eigenvalue weighted by Gasteiger charge is 2.22. The molecule has 1 rings (SSSR count). The van der Waals surface area contributed by atoms with Crippen LogP contribution in [0.4, 0.5) is 0 Å². The van der Waals surface area contributed by atoms with Crippen molar-refractivity contribution in [2.75, 3.05) is 0 Å². The molecule has 0 aliphatic rings. The zero-order chi connectivity index (χ0) is 12.3. The third kappa shape index (κ3) is 4.63. The number of ether oxygens (including phenoxy) is 1. The molecule has 0 aliphatic heterocycles. The predicted octanol–water partition coefficient (Wildman–Crippen LogP) is 2.72. The lowest BCUT2D eigenvalue weighted by atomic mass is 10.1. The van der Waals surface area contributed by atoms with E-state index in [9.17, 15) is 4.79 Å².